The smallest absolute Gasteiger partial charge is 0.462 e. The van der Waals surface area contributed by atoms with Crippen molar-refractivity contribution in [3.05, 3.63) is 0 Å². The quantitative estimate of drug-likeness (QED) is 0.0222. The second-order valence-corrected chi connectivity index (χ2v) is 30.6. The van der Waals surface area contributed by atoms with E-state index in [-0.39, 0.29) is 25.7 Å². The minimum Gasteiger partial charge on any atom is -0.462 e. The van der Waals surface area contributed by atoms with Crippen molar-refractivity contribution in [2.75, 3.05) is 39.6 Å². The minimum absolute atomic E-state index is 0.103. The first-order valence-electron chi connectivity index (χ1n) is 37.2. The molecule has 0 amide bonds. The van der Waals surface area contributed by atoms with Gasteiger partial charge >= 0.3 is 39.5 Å². The summed E-state index contributed by atoms with van der Waals surface area (Å²) < 4.78 is 68.3. The lowest BCUT2D eigenvalue weighted by molar-refractivity contribution is -0.161. The summed E-state index contributed by atoms with van der Waals surface area (Å²) in [6.45, 7) is 14.1. The normalized spacial score (nSPS) is 14.5. The van der Waals surface area contributed by atoms with Gasteiger partial charge in [0.25, 0.3) is 0 Å². The Morgan fingerprint density at radius 2 is 0.527 bits per heavy atom. The highest BCUT2D eigenvalue weighted by molar-refractivity contribution is 7.47. The summed E-state index contributed by atoms with van der Waals surface area (Å²) in [5, 5.41) is 10.6. The third-order valence-corrected chi connectivity index (χ3v) is 18.8. The molecule has 0 saturated carbocycles. The lowest BCUT2D eigenvalue weighted by Gasteiger charge is -2.21. The summed E-state index contributed by atoms with van der Waals surface area (Å²) in [6, 6.07) is 0. The van der Waals surface area contributed by atoms with Gasteiger partial charge in [0.1, 0.15) is 19.3 Å². The molecule has 0 bridgehead atoms. The third-order valence-electron chi connectivity index (χ3n) is 16.9. The lowest BCUT2D eigenvalue weighted by Crippen LogP contribution is -2.30. The van der Waals surface area contributed by atoms with Crippen molar-refractivity contribution in [2.24, 2.45) is 23.7 Å². The molecule has 17 nitrogen and oxygen atoms in total. The summed E-state index contributed by atoms with van der Waals surface area (Å²) in [6.07, 6.45) is 44.6. The summed E-state index contributed by atoms with van der Waals surface area (Å²) >= 11 is 0. The van der Waals surface area contributed by atoms with Gasteiger partial charge in [0.05, 0.1) is 26.4 Å². The lowest BCUT2D eigenvalue weighted by atomic mass is 9.99. The zero-order valence-corrected chi connectivity index (χ0v) is 61.3. The summed E-state index contributed by atoms with van der Waals surface area (Å²) in [7, 11) is -9.90. The average Bonchev–Trinajstić information content (AvgIpc) is 3.48. The van der Waals surface area contributed by atoms with Crippen LogP contribution in [0.4, 0.5) is 0 Å². The van der Waals surface area contributed by atoms with E-state index in [1.807, 2.05) is 0 Å². The number of aliphatic hydroxyl groups excluding tert-OH is 1. The van der Waals surface area contributed by atoms with Crippen molar-refractivity contribution in [2.45, 2.75) is 375 Å². The maximum Gasteiger partial charge on any atom is 0.472 e. The van der Waals surface area contributed by atoms with Gasteiger partial charge in [0, 0.05) is 25.7 Å². The molecular weight excluding hydrogens is 1200 g/mol. The van der Waals surface area contributed by atoms with Gasteiger partial charge in [-0.3, -0.25) is 37.3 Å². The van der Waals surface area contributed by atoms with Crippen LogP contribution in [0.15, 0.2) is 0 Å². The van der Waals surface area contributed by atoms with Crippen molar-refractivity contribution in [1.82, 2.24) is 0 Å². The fourth-order valence-electron chi connectivity index (χ4n) is 10.8. The van der Waals surface area contributed by atoms with Gasteiger partial charge in [-0.25, -0.2) is 9.13 Å². The largest absolute Gasteiger partial charge is 0.472 e. The number of unbranched alkanes of at least 4 members (excludes halogenated alkanes) is 34. The molecule has 0 spiro atoms. The van der Waals surface area contributed by atoms with E-state index in [0.29, 0.717) is 31.6 Å². The molecule has 0 rings (SSSR count). The number of hydrogen-bond donors (Lipinski definition) is 3. The highest BCUT2D eigenvalue weighted by atomic mass is 31.2. The van der Waals surface area contributed by atoms with Crippen LogP contribution in [0.2, 0.25) is 0 Å². The van der Waals surface area contributed by atoms with Gasteiger partial charge in [0.15, 0.2) is 12.2 Å². The Kier molecular flexibility index (Phi) is 60.3. The van der Waals surface area contributed by atoms with Crippen LogP contribution < -0.4 is 0 Å². The maximum absolute atomic E-state index is 13.0. The molecule has 0 aromatic rings. The molecule has 91 heavy (non-hydrogen) atoms. The number of aliphatic hydroxyl groups is 1. The Labute approximate surface area is 556 Å². The van der Waals surface area contributed by atoms with Crippen LogP contribution in [-0.2, 0) is 65.4 Å². The van der Waals surface area contributed by atoms with Crippen LogP contribution in [0.1, 0.15) is 357 Å². The van der Waals surface area contributed by atoms with Crippen molar-refractivity contribution in [3.8, 4) is 0 Å². The van der Waals surface area contributed by atoms with Crippen molar-refractivity contribution in [3.63, 3.8) is 0 Å². The predicted molar refractivity (Wildman–Crippen MR) is 367 cm³/mol. The second-order valence-electron chi connectivity index (χ2n) is 27.6. The third kappa shape index (κ3) is 65.1. The molecule has 19 heteroatoms. The molecule has 0 fully saturated rings. The van der Waals surface area contributed by atoms with E-state index in [1.165, 1.54) is 154 Å². The van der Waals surface area contributed by atoms with Crippen molar-refractivity contribution < 1.29 is 80.2 Å². The molecular formula is C72H140O17P2. The van der Waals surface area contributed by atoms with Crippen LogP contribution in [-0.4, -0.2) is 96.7 Å². The van der Waals surface area contributed by atoms with E-state index in [4.69, 9.17) is 37.0 Å². The van der Waals surface area contributed by atoms with Gasteiger partial charge in [0.2, 0.25) is 0 Å². The van der Waals surface area contributed by atoms with E-state index in [9.17, 15) is 43.2 Å². The summed E-state index contributed by atoms with van der Waals surface area (Å²) in [5.74, 6) is 0.861. The first-order valence-corrected chi connectivity index (χ1v) is 40.2. The zero-order chi connectivity index (χ0) is 67.5. The number of carbonyl (C=O) groups is 4. The van der Waals surface area contributed by atoms with Crippen LogP contribution >= 0.6 is 15.6 Å². The molecule has 0 radical (unpaired) electrons. The highest BCUT2D eigenvalue weighted by Gasteiger charge is 2.30. The molecule has 0 aliphatic rings. The van der Waals surface area contributed by atoms with Gasteiger partial charge in [-0.15, -0.1) is 0 Å². The first kappa shape index (κ1) is 89.1. The number of rotatable bonds is 69. The molecule has 0 aromatic heterocycles. The number of phosphoric acid groups is 2. The number of phosphoric ester groups is 2. The molecule has 6 atom stereocenters. The Morgan fingerprint density at radius 3 is 0.780 bits per heavy atom. The minimum atomic E-state index is -4.95. The molecule has 540 valence electrons. The van der Waals surface area contributed by atoms with E-state index in [2.05, 4.69) is 55.4 Å². The highest BCUT2D eigenvalue weighted by Crippen LogP contribution is 2.45. The van der Waals surface area contributed by atoms with Gasteiger partial charge in [-0.1, -0.05) is 306 Å². The van der Waals surface area contributed by atoms with Crippen molar-refractivity contribution >= 4 is 39.5 Å². The molecule has 3 N–H and O–H groups in total. The zero-order valence-electron chi connectivity index (χ0n) is 59.5. The van der Waals surface area contributed by atoms with Crippen LogP contribution in [0, 0.1) is 23.7 Å². The first-order chi connectivity index (χ1) is 43.6. The molecule has 0 saturated heterocycles. The number of carbonyl (C=O) groups excluding carboxylic acids is 4. The SMILES string of the molecule is CCC(C)CCCCCCCCCCC(=O)O[C@H](COC(=O)CCCCCCCCC(C)C)COP(=O)(O)OC[C@H](O)COP(=O)(O)OC[C@@H](COC(=O)CCCCCCCCCCCCCCCCCC(C)C)OC(=O)CCCCCCCCCCCC(C)C. The maximum atomic E-state index is 13.0. The molecule has 0 aromatic carbocycles. The Balaban J connectivity index is 5.21. The van der Waals surface area contributed by atoms with Gasteiger partial charge < -0.3 is 33.8 Å². The van der Waals surface area contributed by atoms with Gasteiger partial charge in [-0.2, -0.15) is 0 Å². The predicted octanol–water partition coefficient (Wildman–Crippen LogP) is 20.5. The molecule has 0 heterocycles. The average molecular weight is 1340 g/mol. The van der Waals surface area contributed by atoms with Crippen LogP contribution in [0.25, 0.3) is 0 Å². The fraction of sp³-hybridized carbons (Fsp3) is 0.944. The van der Waals surface area contributed by atoms with E-state index in [0.717, 1.165) is 114 Å². The Morgan fingerprint density at radius 1 is 0.308 bits per heavy atom. The second kappa shape index (κ2) is 61.6. The molecule has 0 aliphatic carbocycles. The molecule has 0 aliphatic heterocycles. The summed E-state index contributed by atoms with van der Waals surface area (Å²) in [4.78, 5) is 72.6. The fourth-order valence-corrected chi connectivity index (χ4v) is 12.4. The van der Waals surface area contributed by atoms with Crippen molar-refractivity contribution in [1.29, 1.82) is 0 Å². The topological polar surface area (TPSA) is 237 Å². The monoisotopic (exact) mass is 1340 g/mol. The number of ether oxygens (including phenoxy) is 4. The standard InChI is InChI=1S/C72H140O17P2/c1-9-65(8)51-43-35-26-22-23-29-39-47-55-72(77)89-68(59-83-70(75)53-45-37-31-30-34-42-50-64(6)7)61-87-91(80,81)85-57-66(73)56-84-90(78,79)86-60-67(88-71(76)54-46-38-28-21-17-19-25-33-41-49-63(4)5)58-82-69(74)52-44-36-27-20-16-14-12-10-11-13-15-18-24-32-40-48-62(2)3/h62-68,73H,9-61H2,1-8H3,(H,78,79)(H,80,81)/t65?,66-,67-,68-/m1/s1. The van der Waals surface area contributed by atoms with Crippen LogP contribution in [0.3, 0.4) is 0 Å². The van der Waals surface area contributed by atoms with Crippen LogP contribution in [0.5, 0.6) is 0 Å². The van der Waals surface area contributed by atoms with E-state index >= 15 is 0 Å². The number of hydrogen-bond acceptors (Lipinski definition) is 15. The number of esters is 4. The van der Waals surface area contributed by atoms with E-state index < -0.39 is 97.5 Å². The summed E-state index contributed by atoms with van der Waals surface area (Å²) in [5.41, 5.74) is 0. The molecule has 3 unspecified atom stereocenters. The van der Waals surface area contributed by atoms with E-state index in [1.54, 1.807) is 0 Å². The Bertz CT molecular complexity index is 1800. The van der Waals surface area contributed by atoms with Gasteiger partial charge in [-0.05, 0) is 49.4 Å². The Hall–Kier alpha value is -1.94.